The van der Waals surface area contributed by atoms with Gasteiger partial charge in [-0.15, -0.1) is 11.8 Å². The van der Waals surface area contributed by atoms with E-state index in [1.165, 1.54) is 32.4 Å². The van der Waals surface area contributed by atoms with E-state index in [4.69, 9.17) is 9.47 Å². The van der Waals surface area contributed by atoms with Crippen molar-refractivity contribution < 1.29 is 37.0 Å². The van der Waals surface area contributed by atoms with E-state index in [1.54, 1.807) is 72.8 Å². The molecule has 0 bridgehead atoms. The van der Waals surface area contributed by atoms with Crippen LogP contribution in [0.5, 0.6) is 11.5 Å². The number of halogens is 3. The monoisotopic (exact) mass is 635 g/mol. The van der Waals surface area contributed by atoms with Gasteiger partial charge in [-0.2, -0.15) is 13.2 Å². The van der Waals surface area contributed by atoms with Gasteiger partial charge in [-0.1, -0.05) is 36.4 Å². The first-order valence-electron chi connectivity index (χ1n) is 13.4. The first-order chi connectivity index (χ1) is 21.5. The fraction of sp³-hybridized carbons (Fsp3) is 0.121. The van der Waals surface area contributed by atoms with Crippen LogP contribution in [0.4, 0.5) is 24.5 Å². The van der Waals surface area contributed by atoms with Crippen molar-refractivity contribution in [2.45, 2.75) is 11.1 Å². The van der Waals surface area contributed by atoms with Crippen LogP contribution in [0.25, 0.3) is 6.08 Å². The molecule has 0 aliphatic heterocycles. The van der Waals surface area contributed by atoms with E-state index in [1.807, 2.05) is 0 Å². The van der Waals surface area contributed by atoms with Crippen molar-refractivity contribution in [3.05, 3.63) is 119 Å². The summed E-state index contributed by atoms with van der Waals surface area (Å²) >= 11 is 1.13. The Kier molecular flexibility index (Phi) is 10.9. The summed E-state index contributed by atoms with van der Waals surface area (Å²) in [5.41, 5.74) is 0.413. The quantitative estimate of drug-likeness (QED) is 0.123. The van der Waals surface area contributed by atoms with Crippen LogP contribution in [0.3, 0.4) is 0 Å². The number of carbonyl (C=O) groups is 3. The highest BCUT2D eigenvalue weighted by molar-refractivity contribution is 8.00. The number of hydrogen-bond donors (Lipinski definition) is 3. The highest BCUT2D eigenvalue weighted by atomic mass is 32.2. The summed E-state index contributed by atoms with van der Waals surface area (Å²) in [7, 11) is 2.98. The third kappa shape index (κ3) is 9.38. The smallest absolute Gasteiger partial charge is 0.416 e. The van der Waals surface area contributed by atoms with Gasteiger partial charge in [-0.05, 0) is 72.3 Å². The highest BCUT2D eigenvalue weighted by Crippen LogP contribution is 2.31. The standard InChI is InChI=1S/C33H28F3N3O5S/c1-43-28-15-14-21(17-29(28)44-2)16-27(39-31(41)22-8-4-3-5-9-22)32(42)38-25-12-7-13-26(19-25)45-20-30(40)37-24-11-6-10-23(18-24)33(34,35)36/h3-19H,20H2,1-2H3,(H,37,40)(H,38,42)(H,39,41)/b27-16+. The molecule has 3 N–H and O–H groups in total. The van der Waals surface area contributed by atoms with Crippen LogP contribution >= 0.6 is 11.8 Å². The third-order valence-corrected chi connectivity index (χ3v) is 7.18. The van der Waals surface area contributed by atoms with E-state index in [0.29, 0.717) is 33.2 Å². The average molecular weight is 636 g/mol. The Bertz CT molecular complexity index is 1710. The molecule has 0 saturated heterocycles. The number of carbonyl (C=O) groups excluding carboxylic acids is 3. The fourth-order valence-electron chi connectivity index (χ4n) is 4.03. The van der Waals surface area contributed by atoms with Gasteiger partial charge in [-0.3, -0.25) is 14.4 Å². The van der Waals surface area contributed by atoms with Crippen LogP contribution < -0.4 is 25.4 Å². The number of methoxy groups -OCH3 is 2. The summed E-state index contributed by atoms with van der Waals surface area (Å²) in [6.45, 7) is 0. The first kappa shape index (κ1) is 32.7. The minimum absolute atomic E-state index is 0.0304. The maximum atomic E-state index is 13.4. The lowest BCUT2D eigenvalue weighted by Gasteiger charge is -2.13. The molecule has 8 nitrogen and oxygen atoms in total. The van der Waals surface area contributed by atoms with Crippen molar-refractivity contribution in [3.8, 4) is 11.5 Å². The van der Waals surface area contributed by atoms with Crippen LogP contribution in [0.2, 0.25) is 0 Å². The van der Waals surface area contributed by atoms with Gasteiger partial charge in [0, 0.05) is 21.8 Å². The predicted octanol–water partition coefficient (Wildman–Crippen LogP) is 6.86. The fourth-order valence-corrected chi connectivity index (χ4v) is 4.79. The molecule has 0 atom stereocenters. The molecule has 3 amide bonds. The molecule has 45 heavy (non-hydrogen) atoms. The van der Waals surface area contributed by atoms with Crippen molar-refractivity contribution in [1.29, 1.82) is 0 Å². The lowest BCUT2D eigenvalue weighted by atomic mass is 10.1. The van der Waals surface area contributed by atoms with Crippen LogP contribution in [0, 0.1) is 0 Å². The first-order valence-corrected chi connectivity index (χ1v) is 14.4. The minimum Gasteiger partial charge on any atom is -0.493 e. The van der Waals surface area contributed by atoms with Crippen LogP contribution in [0.15, 0.2) is 108 Å². The summed E-state index contributed by atoms with van der Waals surface area (Å²) in [5, 5.41) is 7.89. The second-order valence-electron chi connectivity index (χ2n) is 9.39. The van der Waals surface area contributed by atoms with Crippen molar-refractivity contribution in [2.24, 2.45) is 0 Å². The Morgan fingerprint density at radius 1 is 0.778 bits per heavy atom. The van der Waals surface area contributed by atoms with Crippen molar-refractivity contribution in [1.82, 2.24) is 5.32 Å². The molecule has 0 aliphatic rings. The number of thioether (sulfide) groups is 1. The second-order valence-corrected chi connectivity index (χ2v) is 10.4. The van der Waals surface area contributed by atoms with Gasteiger partial charge in [0.2, 0.25) is 5.91 Å². The lowest BCUT2D eigenvalue weighted by molar-refractivity contribution is -0.137. The van der Waals surface area contributed by atoms with Crippen LogP contribution in [-0.2, 0) is 15.8 Å². The predicted molar refractivity (Wildman–Crippen MR) is 167 cm³/mol. The summed E-state index contributed by atoms with van der Waals surface area (Å²) in [4.78, 5) is 39.4. The largest absolute Gasteiger partial charge is 0.493 e. The molecule has 232 valence electrons. The minimum atomic E-state index is -4.53. The maximum absolute atomic E-state index is 13.4. The third-order valence-electron chi connectivity index (χ3n) is 6.18. The molecule has 0 fully saturated rings. The van der Waals surface area contributed by atoms with Gasteiger partial charge in [0.25, 0.3) is 11.8 Å². The van der Waals surface area contributed by atoms with Crippen molar-refractivity contribution in [2.75, 3.05) is 30.6 Å². The SMILES string of the molecule is COc1ccc(/C=C(/NC(=O)c2ccccc2)C(=O)Nc2cccc(SCC(=O)Nc3cccc(C(F)(F)F)c3)c2)cc1OC. The van der Waals surface area contributed by atoms with E-state index >= 15 is 0 Å². The second kappa shape index (κ2) is 15.0. The Morgan fingerprint density at radius 3 is 2.16 bits per heavy atom. The summed E-state index contributed by atoms with van der Waals surface area (Å²) in [5.74, 6) is -0.774. The maximum Gasteiger partial charge on any atom is 0.416 e. The molecule has 0 spiro atoms. The van der Waals surface area contributed by atoms with Crippen LogP contribution in [0.1, 0.15) is 21.5 Å². The van der Waals surface area contributed by atoms with Gasteiger partial charge in [0.1, 0.15) is 5.70 Å². The zero-order chi connectivity index (χ0) is 32.4. The number of anilines is 2. The lowest BCUT2D eigenvalue weighted by Crippen LogP contribution is -2.30. The molecule has 12 heteroatoms. The van der Waals surface area contributed by atoms with Gasteiger partial charge < -0.3 is 25.4 Å². The Morgan fingerprint density at radius 2 is 1.47 bits per heavy atom. The van der Waals surface area contributed by atoms with Gasteiger partial charge in [0.05, 0.1) is 25.5 Å². The number of hydrogen-bond acceptors (Lipinski definition) is 6. The zero-order valence-corrected chi connectivity index (χ0v) is 24.9. The molecule has 0 radical (unpaired) electrons. The molecule has 4 rings (SSSR count). The van der Waals surface area contributed by atoms with E-state index in [9.17, 15) is 27.6 Å². The van der Waals surface area contributed by atoms with E-state index in [-0.39, 0.29) is 17.1 Å². The van der Waals surface area contributed by atoms with Crippen molar-refractivity contribution >= 4 is 46.9 Å². The number of amides is 3. The Labute approximate surface area is 261 Å². The number of rotatable bonds is 11. The normalized spacial score (nSPS) is 11.4. The van der Waals surface area contributed by atoms with Gasteiger partial charge >= 0.3 is 6.18 Å². The molecule has 0 saturated carbocycles. The Hall–Kier alpha value is -5.23. The number of benzene rings is 4. The number of ether oxygens (including phenoxy) is 2. The number of nitrogens with one attached hydrogen (secondary N) is 3. The molecule has 4 aromatic rings. The van der Waals surface area contributed by atoms with E-state index in [0.717, 1.165) is 23.9 Å². The van der Waals surface area contributed by atoms with Crippen LogP contribution in [-0.4, -0.2) is 37.7 Å². The molecule has 4 aromatic carbocycles. The molecule has 0 aromatic heterocycles. The zero-order valence-electron chi connectivity index (χ0n) is 24.1. The molecule has 0 unspecified atom stereocenters. The summed E-state index contributed by atoms with van der Waals surface area (Å²) in [6.07, 6.45) is -3.03. The molecular weight excluding hydrogens is 607 g/mol. The summed E-state index contributed by atoms with van der Waals surface area (Å²) in [6, 6.07) is 24.5. The molecule has 0 aliphatic carbocycles. The van der Waals surface area contributed by atoms with Gasteiger partial charge in [-0.25, -0.2) is 0 Å². The van der Waals surface area contributed by atoms with Crippen molar-refractivity contribution in [3.63, 3.8) is 0 Å². The van der Waals surface area contributed by atoms with E-state index < -0.39 is 29.5 Å². The molecule has 0 heterocycles. The number of alkyl halides is 3. The highest BCUT2D eigenvalue weighted by Gasteiger charge is 2.30. The Balaban J connectivity index is 1.47. The van der Waals surface area contributed by atoms with E-state index in [2.05, 4.69) is 16.0 Å². The summed E-state index contributed by atoms with van der Waals surface area (Å²) < 4.78 is 49.6. The van der Waals surface area contributed by atoms with Gasteiger partial charge in [0.15, 0.2) is 11.5 Å². The topological polar surface area (TPSA) is 106 Å². The average Bonchev–Trinajstić information content (AvgIpc) is 3.03. The molecular formula is C33H28F3N3O5S.